The van der Waals surface area contributed by atoms with Crippen LogP contribution in [-0.4, -0.2) is 61.3 Å². The number of imidazole rings is 1. The van der Waals surface area contributed by atoms with E-state index in [2.05, 4.69) is 15.0 Å². The Labute approximate surface area is 204 Å². The molecule has 12 heteroatoms. The molecule has 3 heterocycles. The van der Waals surface area contributed by atoms with Gasteiger partial charge in [0.15, 0.2) is 29.2 Å². The van der Waals surface area contributed by atoms with Crippen LogP contribution >= 0.6 is 11.6 Å². The SMILES string of the molecule is CC(=O)OC1[C@H](OC(C)=O)C(n2cnc3c(Cl)ncnc32)O[C@]12CC[C@H]2OC(=O)c1ccccc1. The summed E-state index contributed by atoms with van der Waals surface area (Å²) in [7, 11) is 0. The van der Waals surface area contributed by atoms with E-state index in [1.165, 1.54) is 31.1 Å². The minimum Gasteiger partial charge on any atom is -0.456 e. The molecule has 1 saturated heterocycles. The van der Waals surface area contributed by atoms with Crippen molar-refractivity contribution in [2.45, 2.75) is 56.8 Å². The predicted octanol–water partition coefficient (Wildman–Crippen LogP) is 2.63. The largest absolute Gasteiger partial charge is 0.456 e. The number of benzene rings is 1. The second-order valence-corrected chi connectivity index (χ2v) is 8.71. The molecule has 1 aliphatic carbocycles. The molecule has 2 fully saturated rings. The van der Waals surface area contributed by atoms with Gasteiger partial charge in [-0.25, -0.2) is 19.7 Å². The van der Waals surface area contributed by atoms with E-state index in [1.807, 2.05) is 0 Å². The molecule has 35 heavy (non-hydrogen) atoms. The summed E-state index contributed by atoms with van der Waals surface area (Å²) < 4.78 is 25.0. The first-order valence-electron chi connectivity index (χ1n) is 10.9. The Morgan fingerprint density at radius 1 is 1.06 bits per heavy atom. The van der Waals surface area contributed by atoms with Gasteiger partial charge in [0.2, 0.25) is 0 Å². The molecule has 0 bridgehead atoms. The summed E-state index contributed by atoms with van der Waals surface area (Å²) in [5, 5.41) is 0.139. The van der Waals surface area contributed by atoms with Gasteiger partial charge in [-0.3, -0.25) is 14.2 Å². The van der Waals surface area contributed by atoms with Crippen LogP contribution in [0, 0.1) is 0 Å². The minimum atomic E-state index is -1.24. The average molecular weight is 501 g/mol. The maximum atomic E-state index is 12.8. The zero-order chi connectivity index (χ0) is 24.7. The van der Waals surface area contributed by atoms with Gasteiger partial charge in [-0.05, 0) is 25.0 Å². The van der Waals surface area contributed by atoms with Gasteiger partial charge in [0.25, 0.3) is 0 Å². The molecule has 2 aliphatic rings. The van der Waals surface area contributed by atoms with Gasteiger partial charge in [-0.2, -0.15) is 0 Å². The number of carbonyl (C=O) groups excluding carboxylic acids is 3. The van der Waals surface area contributed by atoms with Crippen LogP contribution in [-0.2, 0) is 28.5 Å². The molecule has 1 aromatic carbocycles. The van der Waals surface area contributed by atoms with Crippen molar-refractivity contribution < 1.29 is 33.3 Å². The summed E-state index contributed by atoms with van der Waals surface area (Å²) in [6, 6.07) is 8.52. The fourth-order valence-corrected chi connectivity index (χ4v) is 4.78. The molecule has 182 valence electrons. The monoisotopic (exact) mass is 500 g/mol. The smallest absolute Gasteiger partial charge is 0.338 e. The molecule has 2 unspecified atom stereocenters. The molecule has 1 aliphatic heterocycles. The van der Waals surface area contributed by atoms with Gasteiger partial charge >= 0.3 is 17.9 Å². The molecular weight excluding hydrogens is 480 g/mol. The molecule has 1 spiro atoms. The number of carbonyl (C=O) groups is 3. The van der Waals surface area contributed by atoms with Crippen molar-refractivity contribution in [1.29, 1.82) is 0 Å². The number of aromatic nitrogens is 4. The van der Waals surface area contributed by atoms with Gasteiger partial charge < -0.3 is 18.9 Å². The molecule has 2 aromatic heterocycles. The minimum absolute atomic E-state index is 0.139. The first-order chi connectivity index (χ1) is 16.8. The van der Waals surface area contributed by atoms with Crippen molar-refractivity contribution in [1.82, 2.24) is 19.5 Å². The number of ether oxygens (including phenoxy) is 4. The molecule has 1 saturated carbocycles. The van der Waals surface area contributed by atoms with Crippen LogP contribution in [0.25, 0.3) is 11.2 Å². The Morgan fingerprint density at radius 3 is 2.46 bits per heavy atom. The summed E-state index contributed by atoms with van der Waals surface area (Å²) in [5.74, 6) is -1.75. The summed E-state index contributed by atoms with van der Waals surface area (Å²) in [6.07, 6.45) is -0.297. The number of halogens is 1. The number of rotatable bonds is 5. The average Bonchev–Trinajstić information content (AvgIpc) is 3.38. The van der Waals surface area contributed by atoms with Crippen molar-refractivity contribution in [3.8, 4) is 0 Å². The van der Waals surface area contributed by atoms with Gasteiger partial charge in [0.05, 0.1) is 11.9 Å². The zero-order valence-electron chi connectivity index (χ0n) is 18.8. The molecule has 0 N–H and O–H groups in total. The molecular formula is C23H21ClN4O7. The number of hydrogen-bond donors (Lipinski definition) is 0. The van der Waals surface area contributed by atoms with Crippen LogP contribution in [0.1, 0.15) is 43.3 Å². The second kappa shape index (κ2) is 8.90. The van der Waals surface area contributed by atoms with E-state index in [9.17, 15) is 14.4 Å². The first kappa shape index (κ1) is 23.2. The van der Waals surface area contributed by atoms with Crippen molar-refractivity contribution in [3.05, 3.63) is 53.7 Å². The Kier molecular flexibility index (Phi) is 5.89. The highest BCUT2D eigenvalue weighted by molar-refractivity contribution is 6.33. The standard InChI is InChI=1S/C23H21ClN4O7/c1-12(29)32-17-18(33-13(2)30)23(9-8-15(23)34-22(31)14-6-4-3-5-7-14)35-21(17)28-11-27-16-19(24)25-10-26-20(16)28/h3-7,10-11,15,17-18,21H,8-9H2,1-2H3/t15-,17+,18?,21?,23+/m1/s1. The molecule has 0 amide bonds. The van der Waals surface area contributed by atoms with Gasteiger partial charge in [-0.1, -0.05) is 29.8 Å². The highest BCUT2D eigenvalue weighted by atomic mass is 35.5. The zero-order valence-corrected chi connectivity index (χ0v) is 19.5. The Morgan fingerprint density at radius 2 is 1.80 bits per heavy atom. The van der Waals surface area contributed by atoms with Crippen LogP contribution < -0.4 is 0 Å². The van der Waals surface area contributed by atoms with Gasteiger partial charge in [-0.15, -0.1) is 0 Å². The fourth-order valence-electron chi connectivity index (χ4n) is 4.61. The number of nitrogens with zero attached hydrogens (tertiary/aromatic N) is 4. The summed E-state index contributed by atoms with van der Waals surface area (Å²) in [5.41, 5.74) is -0.210. The van der Waals surface area contributed by atoms with Gasteiger partial charge in [0, 0.05) is 13.8 Å². The molecule has 5 rings (SSSR count). The Hall–Kier alpha value is -3.57. The Balaban J connectivity index is 1.54. The fraction of sp³-hybridized carbons (Fsp3) is 0.391. The summed E-state index contributed by atoms with van der Waals surface area (Å²) in [4.78, 5) is 49.3. The predicted molar refractivity (Wildman–Crippen MR) is 119 cm³/mol. The van der Waals surface area contributed by atoms with Crippen LogP contribution in [0.5, 0.6) is 0 Å². The lowest BCUT2D eigenvalue weighted by Gasteiger charge is -2.47. The maximum Gasteiger partial charge on any atom is 0.338 e. The third kappa shape index (κ3) is 4.00. The van der Waals surface area contributed by atoms with Crippen molar-refractivity contribution in [2.75, 3.05) is 0 Å². The lowest BCUT2D eigenvalue weighted by Crippen LogP contribution is -2.62. The number of hydrogen-bond acceptors (Lipinski definition) is 10. The van der Waals surface area contributed by atoms with Gasteiger partial charge in [0.1, 0.15) is 23.5 Å². The molecule has 11 nitrogen and oxygen atoms in total. The molecule has 3 aromatic rings. The van der Waals surface area contributed by atoms with E-state index >= 15 is 0 Å². The number of fused-ring (bicyclic) bond motifs is 1. The quantitative estimate of drug-likeness (QED) is 0.292. The third-order valence-corrected chi connectivity index (χ3v) is 6.46. The van der Waals surface area contributed by atoms with E-state index in [1.54, 1.807) is 30.3 Å². The van der Waals surface area contributed by atoms with Crippen LogP contribution in [0.4, 0.5) is 0 Å². The summed E-state index contributed by atoms with van der Waals surface area (Å²) >= 11 is 6.15. The lowest BCUT2D eigenvalue weighted by atomic mass is 9.72. The van der Waals surface area contributed by atoms with E-state index in [-0.39, 0.29) is 5.15 Å². The van der Waals surface area contributed by atoms with E-state index in [0.29, 0.717) is 29.6 Å². The molecule has 5 atom stereocenters. The maximum absolute atomic E-state index is 12.8. The van der Waals surface area contributed by atoms with Crippen LogP contribution in [0.15, 0.2) is 43.0 Å². The van der Waals surface area contributed by atoms with Crippen LogP contribution in [0.2, 0.25) is 5.15 Å². The topological polar surface area (TPSA) is 132 Å². The summed E-state index contributed by atoms with van der Waals surface area (Å²) in [6.45, 7) is 2.49. The van der Waals surface area contributed by atoms with Crippen molar-refractivity contribution in [3.63, 3.8) is 0 Å². The highest BCUT2D eigenvalue weighted by Gasteiger charge is 2.68. The lowest BCUT2D eigenvalue weighted by molar-refractivity contribution is -0.221. The normalized spacial score (nSPS) is 27.4. The molecule has 0 radical (unpaired) electrons. The van der Waals surface area contributed by atoms with E-state index in [4.69, 9.17) is 30.5 Å². The van der Waals surface area contributed by atoms with E-state index < -0.39 is 48.0 Å². The second-order valence-electron chi connectivity index (χ2n) is 8.35. The van der Waals surface area contributed by atoms with E-state index in [0.717, 1.165) is 0 Å². The third-order valence-electron chi connectivity index (χ3n) is 6.19. The van der Waals surface area contributed by atoms with Crippen molar-refractivity contribution >= 4 is 40.7 Å². The number of esters is 3. The highest BCUT2D eigenvalue weighted by Crippen LogP contribution is 2.53. The van der Waals surface area contributed by atoms with Crippen molar-refractivity contribution in [2.24, 2.45) is 0 Å². The first-order valence-corrected chi connectivity index (χ1v) is 11.3. The van der Waals surface area contributed by atoms with Crippen LogP contribution in [0.3, 0.4) is 0 Å². The Bertz CT molecular complexity index is 1300.